The van der Waals surface area contributed by atoms with E-state index in [1.165, 1.54) is 19.4 Å². The van der Waals surface area contributed by atoms with Gasteiger partial charge in [0.15, 0.2) is 12.6 Å². The number of aromatic nitrogens is 3. The number of pyridine rings is 1. The number of halogens is 2. The van der Waals surface area contributed by atoms with Gasteiger partial charge in [0.1, 0.15) is 46.4 Å². The van der Waals surface area contributed by atoms with Crippen molar-refractivity contribution in [1.29, 1.82) is 0 Å². The number of fused-ring (bicyclic) bond motifs is 4. The molecule has 2 aromatic carbocycles. The Kier molecular flexibility index (Phi) is 13.4. The number of nitrogens with zero attached hydrogens (tertiary/aromatic N) is 6. The molecule has 3 aliphatic heterocycles. The van der Waals surface area contributed by atoms with E-state index in [0.717, 1.165) is 45.2 Å². The molecule has 0 radical (unpaired) electrons. The monoisotopic (exact) mass is 848 g/mol. The zero-order chi connectivity index (χ0) is 43.5. The third-order valence-corrected chi connectivity index (χ3v) is 11.0. The highest BCUT2D eigenvalue weighted by molar-refractivity contribution is 6.00. The number of benzene rings is 2. The van der Waals surface area contributed by atoms with Gasteiger partial charge in [-0.3, -0.25) is 19.6 Å². The van der Waals surface area contributed by atoms with Gasteiger partial charge >= 0.3 is 18.1 Å². The molecule has 1 amide bonds. The first kappa shape index (κ1) is 44.1. The SMILES string of the molecule is COCOc1cc(-c2ncc3c(N4CC5CCC(C4)N5C(=O)OC(C)(C)C)nc(OC[C@@H]4CCCN4CCCOCCC(=O)OC(C)(C)C)nc3c2F)c2c(F)cccc2c1. The number of amides is 1. The van der Waals surface area contributed by atoms with Crippen LogP contribution in [0, 0.1) is 11.6 Å². The van der Waals surface area contributed by atoms with Gasteiger partial charge < -0.3 is 33.3 Å². The second kappa shape index (κ2) is 18.6. The van der Waals surface area contributed by atoms with Crippen LogP contribution in [0.1, 0.15) is 80.1 Å². The van der Waals surface area contributed by atoms with E-state index in [4.69, 9.17) is 33.4 Å². The fourth-order valence-electron chi connectivity index (χ4n) is 8.52. The van der Waals surface area contributed by atoms with Crippen LogP contribution in [0.4, 0.5) is 19.4 Å². The smallest absolute Gasteiger partial charge is 0.410 e. The molecule has 2 unspecified atom stereocenters. The summed E-state index contributed by atoms with van der Waals surface area (Å²) < 4.78 is 66.8. The Morgan fingerprint density at radius 1 is 0.918 bits per heavy atom. The maximum absolute atomic E-state index is 17.2. The average molecular weight is 849 g/mol. The number of likely N-dealkylation sites (tertiary alicyclic amines) is 1. The molecule has 0 N–H and O–H groups in total. The van der Waals surface area contributed by atoms with Gasteiger partial charge in [0.2, 0.25) is 0 Å². The first-order valence-corrected chi connectivity index (χ1v) is 21.2. The summed E-state index contributed by atoms with van der Waals surface area (Å²) in [5, 5.41) is 1.06. The summed E-state index contributed by atoms with van der Waals surface area (Å²) in [6.07, 6.45) is 5.62. The normalized spacial score (nSPS) is 19.5. The van der Waals surface area contributed by atoms with Crippen molar-refractivity contribution in [3.05, 3.63) is 48.2 Å². The summed E-state index contributed by atoms with van der Waals surface area (Å²) in [6, 6.07) is 7.65. The van der Waals surface area contributed by atoms with Gasteiger partial charge in [-0.2, -0.15) is 9.97 Å². The van der Waals surface area contributed by atoms with Crippen LogP contribution in [0.15, 0.2) is 36.5 Å². The summed E-state index contributed by atoms with van der Waals surface area (Å²) in [7, 11) is 1.49. The van der Waals surface area contributed by atoms with Crippen molar-refractivity contribution >= 4 is 39.6 Å². The lowest BCUT2D eigenvalue weighted by Gasteiger charge is -2.42. The Bertz CT molecular complexity index is 2200. The Morgan fingerprint density at radius 3 is 2.39 bits per heavy atom. The first-order chi connectivity index (χ1) is 29.1. The van der Waals surface area contributed by atoms with E-state index < -0.39 is 22.8 Å². The summed E-state index contributed by atoms with van der Waals surface area (Å²) in [4.78, 5) is 45.8. The summed E-state index contributed by atoms with van der Waals surface area (Å²) in [5.41, 5.74) is -1.10. The van der Waals surface area contributed by atoms with Crippen LogP contribution >= 0.6 is 0 Å². The number of carbonyl (C=O) groups is 2. The van der Waals surface area contributed by atoms with E-state index in [0.29, 0.717) is 48.6 Å². The number of ether oxygens (including phenoxy) is 6. The number of rotatable bonds is 15. The number of methoxy groups -OCH3 is 1. The molecule has 3 aliphatic rings. The van der Waals surface area contributed by atoms with E-state index in [2.05, 4.69) is 19.8 Å². The van der Waals surface area contributed by atoms with Gasteiger partial charge in [0.25, 0.3) is 0 Å². The van der Waals surface area contributed by atoms with Crippen LogP contribution < -0.4 is 14.4 Å². The largest absolute Gasteiger partial charge is 0.468 e. The zero-order valence-corrected chi connectivity index (χ0v) is 36.3. The van der Waals surface area contributed by atoms with E-state index in [-0.39, 0.29) is 78.2 Å². The molecule has 3 atom stereocenters. The Morgan fingerprint density at radius 2 is 1.67 bits per heavy atom. The molecule has 4 aromatic rings. The standard InChI is InChI=1S/C45H58F2N6O8/c1-44(2,3)60-36(54)16-20-57-19-10-18-51-17-9-12-31(51)26-58-42-49-40-34(41(50-42)52-24-29-14-15-30(25-52)53(29)43(55)61-45(4,5)6)23-48-39(38(40)47)33-22-32(59-27-56-7)21-28-11-8-13-35(46)37(28)33/h8,11,13,21-23,29-31H,9-10,12,14-20,24-27H2,1-7H3/t29?,30?,31-/m0/s1. The number of carbonyl (C=O) groups excluding carboxylic acids is 2. The lowest BCUT2D eigenvalue weighted by molar-refractivity contribution is -0.156. The molecule has 0 aliphatic carbocycles. The minimum atomic E-state index is -0.760. The highest BCUT2D eigenvalue weighted by atomic mass is 19.1. The molecule has 330 valence electrons. The lowest BCUT2D eigenvalue weighted by atomic mass is 9.99. The van der Waals surface area contributed by atoms with Crippen LogP contribution in [0.3, 0.4) is 0 Å². The minimum absolute atomic E-state index is 0.00557. The number of hydrogen-bond donors (Lipinski definition) is 0. The predicted octanol–water partition coefficient (Wildman–Crippen LogP) is 7.68. The molecular weight excluding hydrogens is 791 g/mol. The second-order valence-corrected chi connectivity index (χ2v) is 18.0. The second-order valence-electron chi connectivity index (χ2n) is 18.0. The van der Waals surface area contributed by atoms with Crippen molar-refractivity contribution < 1.29 is 46.8 Å². The summed E-state index contributed by atoms with van der Waals surface area (Å²) >= 11 is 0. The van der Waals surface area contributed by atoms with Gasteiger partial charge in [-0.25, -0.2) is 13.6 Å². The first-order valence-electron chi connectivity index (χ1n) is 21.2. The van der Waals surface area contributed by atoms with E-state index in [1.54, 1.807) is 24.3 Å². The minimum Gasteiger partial charge on any atom is -0.468 e. The Labute approximate surface area is 355 Å². The lowest BCUT2D eigenvalue weighted by Crippen LogP contribution is -2.57. The molecule has 14 nitrogen and oxygen atoms in total. The molecule has 0 saturated carbocycles. The van der Waals surface area contributed by atoms with Gasteiger partial charge in [0, 0.05) is 56.5 Å². The number of piperazine rings is 1. The molecular formula is C45H58F2N6O8. The highest BCUT2D eigenvalue weighted by Crippen LogP contribution is 2.40. The molecule has 3 saturated heterocycles. The van der Waals surface area contributed by atoms with E-state index in [9.17, 15) is 9.59 Å². The van der Waals surface area contributed by atoms with Gasteiger partial charge in [-0.1, -0.05) is 12.1 Å². The van der Waals surface area contributed by atoms with Gasteiger partial charge in [-0.05, 0) is 104 Å². The molecule has 61 heavy (non-hydrogen) atoms. The molecule has 2 bridgehead atoms. The van der Waals surface area contributed by atoms with Crippen molar-refractivity contribution in [2.45, 2.75) is 109 Å². The van der Waals surface area contributed by atoms with Crippen LogP contribution in [-0.2, 0) is 23.7 Å². The molecule has 3 fully saturated rings. The molecule has 7 rings (SSSR count). The van der Waals surface area contributed by atoms with Crippen LogP contribution in [0.25, 0.3) is 32.9 Å². The molecule has 0 spiro atoms. The van der Waals surface area contributed by atoms with Crippen molar-refractivity contribution in [1.82, 2.24) is 24.8 Å². The Balaban J connectivity index is 1.15. The molecule has 2 aromatic heterocycles. The number of hydrogen-bond acceptors (Lipinski definition) is 13. The fourth-order valence-corrected chi connectivity index (χ4v) is 8.52. The Hall–Kier alpha value is -4.93. The third kappa shape index (κ3) is 10.6. The third-order valence-electron chi connectivity index (χ3n) is 11.0. The van der Waals surface area contributed by atoms with Crippen LogP contribution in [0.5, 0.6) is 11.8 Å². The van der Waals surface area contributed by atoms with E-state index in [1.807, 2.05) is 46.4 Å². The maximum atomic E-state index is 17.2. The zero-order valence-electron chi connectivity index (χ0n) is 36.3. The van der Waals surface area contributed by atoms with Crippen molar-refractivity contribution in [2.24, 2.45) is 0 Å². The molecule has 16 heteroatoms. The van der Waals surface area contributed by atoms with Gasteiger partial charge in [-0.15, -0.1) is 0 Å². The summed E-state index contributed by atoms with van der Waals surface area (Å²) in [5.74, 6) is -0.778. The van der Waals surface area contributed by atoms with Crippen molar-refractivity contribution in [3.8, 4) is 23.0 Å². The van der Waals surface area contributed by atoms with Crippen LogP contribution in [0.2, 0.25) is 0 Å². The average Bonchev–Trinajstić information content (AvgIpc) is 3.76. The van der Waals surface area contributed by atoms with E-state index >= 15 is 8.78 Å². The van der Waals surface area contributed by atoms with Crippen LogP contribution in [-0.4, -0.2) is 126 Å². The fraction of sp³-hybridized carbons (Fsp3) is 0.578. The van der Waals surface area contributed by atoms with Crippen molar-refractivity contribution in [3.63, 3.8) is 0 Å². The van der Waals surface area contributed by atoms with Gasteiger partial charge in [0.05, 0.1) is 30.5 Å². The highest BCUT2D eigenvalue weighted by Gasteiger charge is 2.45. The topological polar surface area (TPSA) is 138 Å². The maximum Gasteiger partial charge on any atom is 0.410 e. The van der Waals surface area contributed by atoms with Crippen molar-refractivity contribution in [2.75, 3.05) is 64.8 Å². The quantitative estimate of drug-likeness (QED) is 0.0658. The predicted molar refractivity (Wildman–Crippen MR) is 226 cm³/mol. The summed E-state index contributed by atoms with van der Waals surface area (Å²) in [6.45, 7) is 14.6. The number of esters is 1. The molecule has 5 heterocycles. The number of anilines is 1.